The normalized spacial score (nSPS) is 9.38. The maximum absolute atomic E-state index is 5.78. The van der Waals surface area contributed by atoms with E-state index in [-0.39, 0.29) is 24.0 Å². The lowest BCUT2D eigenvalue weighted by Gasteiger charge is -2.03. The highest BCUT2D eigenvalue weighted by atomic mass is 127. The zero-order chi connectivity index (χ0) is 10.7. The second kappa shape index (κ2) is 6.06. The van der Waals surface area contributed by atoms with E-state index >= 15 is 0 Å². The molecule has 0 atom stereocenters. The van der Waals surface area contributed by atoms with Crippen molar-refractivity contribution in [1.82, 2.24) is 0 Å². The zero-order valence-corrected chi connectivity index (χ0v) is 11.6. The molecule has 2 aromatic rings. The van der Waals surface area contributed by atoms with Crippen molar-refractivity contribution in [2.24, 2.45) is 7.05 Å². The molecule has 2 rings (SSSR count). The number of aromatic nitrogens is 1. The second-order valence-corrected chi connectivity index (χ2v) is 3.69. The largest absolute Gasteiger partial charge is 1.00 e. The van der Waals surface area contributed by atoms with E-state index in [0.29, 0.717) is 5.02 Å². The molecule has 0 radical (unpaired) electrons. The Morgan fingerprint density at radius 1 is 0.938 bits per heavy atom. The molecule has 0 saturated heterocycles. The molecule has 0 spiro atoms. The van der Waals surface area contributed by atoms with Crippen molar-refractivity contribution < 1.29 is 33.3 Å². The lowest BCUT2D eigenvalue weighted by Crippen LogP contribution is -3.00. The first-order valence-corrected chi connectivity index (χ1v) is 5.00. The highest BCUT2D eigenvalue weighted by Gasteiger charge is 1.98. The van der Waals surface area contributed by atoms with Crippen LogP contribution in [0.25, 0.3) is 0 Å². The van der Waals surface area contributed by atoms with E-state index in [1.165, 1.54) is 0 Å². The van der Waals surface area contributed by atoms with Crippen LogP contribution in [0.4, 0.5) is 0 Å². The van der Waals surface area contributed by atoms with Crippen molar-refractivity contribution in [3.8, 4) is 11.5 Å². The Morgan fingerprint density at radius 3 is 2.00 bits per heavy atom. The summed E-state index contributed by atoms with van der Waals surface area (Å²) in [5, 5.41) is 0.710. The van der Waals surface area contributed by atoms with Crippen molar-refractivity contribution in [2.75, 3.05) is 0 Å². The van der Waals surface area contributed by atoms with Gasteiger partial charge in [-0.2, -0.15) is 0 Å². The molecule has 0 bridgehead atoms. The van der Waals surface area contributed by atoms with Gasteiger partial charge in [0.2, 0.25) is 0 Å². The van der Waals surface area contributed by atoms with Crippen molar-refractivity contribution in [3.63, 3.8) is 0 Å². The predicted molar refractivity (Wildman–Crippen MR) is 59.1 cm³/mol. The Kier molecular flexibility index (Phi) is 5.02. The van der Waals surface area contributed by atoms with E-state index < -0.39 is 0 Å². The molecular weight excluding hydrogens is 336 g/mol. The van der Waals surface area contributed by atoms with Gasteiger partial charge < -0.3 is 28.7 Å². The number of benzene rings is 1. The van der Waals surface area contributed by atoms with E-state index in [1.54, 1.807) is 12.1 Å². The Labute approximate surface area is 117 Å². The van der Waals surface area contributed by atoms with Crippen LogP contribution >= 0.6 is 11.6 Å². The first-order valence-electron chi connectivity index (χ1n) is 4.63. The molecule has 1 aromatic heterocycles. The van der Waals surface area contributed by atoms with E-state index in [0.717, 1.165) is 11.5 Å². The quantitative estimate of drug-likeness (QED) is 0.549. The number of pyridine rings is 1. The van der Waals surface area contributed by atoms with Crippen LogP contribution in [0.3, 0.4) is 0 Å². The molecule has 0 aliphatic carbocycles. The van der Waals surface area contributed by atoms with Crippen molar-refractivity contribution in [2.45, 2.75) is 0 Å². The van der Waals surface area contributed by atoms with Crippen LogP contribution in [-0.4, -0.2) is 0 Å². The summed E-state index contributed by atoms with van der Waals surface area (Å²) >= 11 is 5.78. The molecule has 0 N–H and O–H groups in total. The molecule has 0 aliphatic rings. The number of aryl methyl sites for hydroxylation is 1. The molecule has 0 amide bonds. The fourth-order valence-corrected chi connectivity index (χ4v) is 1.32. The average Bonchev–Trinajstić information content (AvgIpc) is 2.25. The zero-order valence-electron chi connectivity index (χ0n) is 8.73. The summed E-state index contributed by atoms with van der Waals surface area (Å²) in [6.45, 7) is 0. The van der Waals surface area contributed by atoms with Gasteiger partial charge in [0.1, 0.15) is 18.5 Å². The van der Waals surface area contributed by atoms with Crippen LogP contribution < -0.4 is 33.3 Å². The van der Waals surface area contributed by atoms with Crippen molar-refractivity contribution in [1.29, 1.82) is 0 Å². The number of ether oxygens (including phenoxy) is 1. The molecule has 0 unspecified atom stereocenters. The molecule has 0 saturated carbocycles. The second-order valence-electron chi connectivity index (χ2n) is 3.26. The van der Waals surface area contributed by atoms with Gasteiger partial charge in [-0.3, -0.25) is 0 Å². The monoisotopic (exact) mass is 347 g/mol. The van der Waals surface area contributed by atoms with Gasteiger partial charge in [-0.15, -0.1) is 0 Å². The minimum absolute atomic E-state index is 0. The van der Waals surface area contributed by atoms with E-state index in [1.807, 2.05) is 48.3 Å². The smallest absolute Gasteiger partial charge is 0.172 e. The van der Waals surface area contributed by atoms with Gasteiger partial charge in [-0.05, 0) is 24.3 Å². The minimum Gasteiger partial charge on any atom is -1.00 e. The number of rotatable bonds is 2. The van der Waals surface area contributed by atoms with Gasteiger partial charge in [0.05, 0.1) is 0 Å². The van der Waals surface area contributed by atoms with Crippen LogP contribution in [0.5, 0.6) is 11.5 Å². The maximum Gasteiger partial charge on any atom is 0.172 e. The third kappa shape index (κ3) is 3.64. The van der Waals surface area contributed by atoms with Crippen LogP contribution in [0.15, 0.2) is 48.8 Å². The molecule has 0 fully saturated rings. The Hall–Kier alpha value is -0.810. The lowest BCUT2D eigenvalue weighted by atomic mass is 10.3. The van der Waals surface area contributed by atoms with Crippen LogP contribution in [0.1, 0.15) is 0 Å². The molecular formula is C12H11ClINO. The molecule has 84 valence electrons. The number of nitrogens with zero attached hydrogens (tertiary/aromatic N) is 1. The van der Waals surface area contributed by atoms with Crippen molar-refractivity contribution in [3.05, 3.63) is 53.8 Å². The summed E-state index contributed by atoms with van der Waals surface area (Å²) in [6.07, 6.45) is 3.87. The van der Waals surface area contributed by atoms with Crippen LogP contribution in [-0.2, 0) is 7.05 Å². The molecule has 1 aromatic carbocycles. The van der Waals surface area contributed by atoms with Gasteiger partial charge in [-0.1, -0.05) is 11.6 Å². The lowest BCUT2D eigenvalue weighted by molar-refractivity contribution is -0.671. The first kappa shape index (κ1) is 13.3. The molecule has 1 heterocycles. The van der Waals surface area contributed by atoms with Crippen LogP contribution in [0, 0.1) is 0 Å². The third-order valence-electron chi connectivity index (χ3n) is 2.00. The maximum atomic E-state index is 5.78. The van der Waals surface area contributed by atoms with E-state index in [4.69, 9.17) is 16.3 Å². The van der Waals surface area contributed by atoms with Gasteiger partial charge >= 0.3 is 0 Å². The van der Waals surface area contributed by atoms with Crippen molar-refractivity contribution >= 4 is 11.6 Å². The number of hydrogen-bond acceptors (Lipinski definition) is 1. The summed E-state index contributed by atoms with van der Waals surface area (Å²) < 4.78 is 7.57. The summed E-state index contributed by atoms with van der Waals surface area (Å²) in [5.74, 6) is 1.60. The molecule has 16 heavy (non-hydrogen) atoms. The fraction of sp³-hybridized carbons (Fsp3) is 0.0833. The standard InChI is InChI=1S/C12H11ClNO.HI/c1-14-8-6-12(7-9-14)15-11-4-2-10(13)3-5-11;/h2-9H,1H3;1H/q+1;/p-1. The fourth-order valence-electron chi connectivity index (χ4n) is 1.19. The van der Waals surface area contributed by atoms with Gasteiger partial charge in [0.15, 0.2) is 12.4 Å². The summed E-state index contributed by atoms with van der Waals surface area (Å²) in [6, 6.07) is 11.1. The summed E-state index contributed by atoms with van der Waals surface area (Å²) in [7, 11) is 1.96. The minimum atomic E-state index is 0. The van der Waals surface area contributed by atoms with E-state index in [2.05, 4.69) is 0 Å². The third-order valence-corrected chi connectivity index (χ3v) is 2.25. The van der Waals surface area contributed by atoms with Gasteiger partial charge in [-0.25, -0.2) is 4.57 Å². The number of halogens is 2. The first-order chi connectivity index (χ1) is 7.24. The summed E-state index contributed by atoms with van der Waals surface area (Å²) in [4.78, 5) is 0. The SMILES string of the molecule is C[n+]1ccc(Oc2ccc(Cl)cc2)cc1.[I-]. The van der Waals surface area contributed by atoms with Gasteiger partial charge in [0.25, 0.3) is 0 Å². The summed E-state index contributed by atoms with van der Waals surface area (Å²) in [5.41, 5.74) is 0. The van der Waals surface area contributed by atoms with E-state index in [9.17, 15) is 0 Å². The van der Waals surface area contributed by atoms with Gasteiger partial charge in [0, 0.05) is 17.2 Å². The Morgan fingerprint density at radius 2 is 1.44 bits per heavy atom. The molecule has 0 aliphatic heterocycles. The predicted octanol–water partition coefficient (Wildman–Crippen LogP) is -0.0392. The highest BCUT2D eigenvalue weighted by molar-refractivity contribution is 6.30. The Balaban J connectivity index is 0.00000128. The molecule has 2 nitrogen and oxygen atoms in total. The Bertz CT molecular complexity index is 398. The van der Waals surface area contributed by atoms with Crippen LogP contribution in [0.2, 0.25) is 5.02 Å². The topological polar surface area (TPSA) is 13.1 Å². The molecule has 4 heteroatoms. The number of hydrogen-bond donors (Lipinski definition) is 0. The highest BCUT2D eigenvalue weighted by Crippen LogP contribution is 2.21. The average molecular weight is 348 g/mol.